The molecule has 4 nitrogen and oxygen atoms in total. The molecule has 0 radical (unpaired) electrons. The van der Waals surface area contributed by atoms with E-state index in [1.165, 1.54) is 0 Å². The van der Waals surface area contributed by atoms with Crippen molar-refractivity contribution in [3.63, 3.8) is 0 Å². The number of benzene rings is 2. The summed E-state index contributed by atoms with van der Waals surface area (Å²) in [7, 11) is 1.62. The highest BCUT2D eigenvalue weighted by Gasteiger charge is 2.14. The first kappa shape index (κ1) is 15.4. The van der Waals surface area contributed by atoms with E-state index in [-0.39, 0.29) is 11.9 Å². The number of carbonyl (C=O) groups is 1. The quantitative estimate of drug-likeness (QED) is 0.830. The normalized spacial score (nSPS) is 11.8. The van der Waals surface area contributed by atoms with E-state index in [2.05, 4.69) is 21.2 Å². The average molecular weight is 349 g/mol. The van der Waals surface area contributed by atoms with Gasteiger partial charge in [0.25, 0.3) is 5.91 Å². The molecule has 1 atom stereocenters. The minimum absolute atomic E-state index is 0.143. The largest absolute Gasteiger partial charge is 0.497 e. The van der Waals surface area contributed by atoms with Gasteiger partial charge in [0.05, 0.1) is 18.7 Å². The Balaban J connectivity index is 2.14. The Labute approximate surface area is 132 Å². The summed E-state index contributed by atoms with van der Waals surface area (Å²) >= 11 is 3.32. The van der Waals surface area contributed by atoms with E-state index in [0.29, 0.717) is 11.3 Å². The fraction of sp³-hybridized carbons (Fsp3) is 0.188. The van der Waals surface area contributed by atoms with Crippen LogP contribution in [0, 0.1) is 0 Å². The van der Waals surface area contributed by atoms with Gasteiger partial charge in [0, 0.05) is 10.2 Å². The topological polar surface area (TPSA) is 64.3 Å². The van der Waals surface area contributed by atoms with Crippen LogP contribution in [0.25, 0.3) is 0 Å². The van der Waals surface area contributed by atoms with Crippen LogP contribution in [0.3, 0.4) is 0 Å². The molecule has 110 valence electrons. The zero-order valence-electron chi connectivity index (χ0n) is 11.9. The highest BCUT2D eigenvalue weighted by atomic mass is 79.9. The van der Waals surface area contributed by atoms with Crippen LogP contribution >= 0.6 is 15.9 Å². The van der Waals surface area contributed by atoms with E-state index in [9.17, 15) is 4.79 Å². The van der Waals surface area contributed by atoms with Crippen molar-refractivity contribution in [2.75, 3.05) is 12.8 Å². The van der Waals surface area contributed by atoms with Crippen molar-refractivity contribution in [2.24, 2.45) is 0 Å². The fourth-order valence-electron chi connectivity index (χ4n) is 2.01. The van der Waals surface area contributed by atoms with Crippen molar-refractivity contribution >= 4 is 27.5 Å². The van der Waals surface area contributed by atoms with Crippen molar-refractivity contribution in [3.05, 3.63) is 58.1 Å². The Morgan fingerprint density at radius 3 is 2.71 bits per heavy atom. The molecule has 0 saturated heterocycles. The van der Waals surface area contributed by atoms with Crippen molar-refractivity contribution in [1.82, 2.24) is 5.32 Å². The molecule has 0 aliphatic carbocycles. The van der Waals surface area contributed by atoms with Gasteiger partial charge in [-0.25, -0.2) is 0 Å². The van der Waals surface area contributed by atoms with E-state index in [1.807, 2.05) is 31.2 Å². The van der Waals surface area contributed by atoms with Gasteiger partial charge in [0.1, 0.15) is 5.75 Å². The number of amides is 1. The van der Waals surface area contributed by atoms with Crippen molar-refractivity contribution in [2.45, 2.75) is 13.0 Å². The van der Waals surface area contributed by atoms with Crippen LogP contribution in [0.15, 0.2) is 46.9 Å². The molecule has 0 aliphatic heterocycles. The Bertz CT molecular complexity index is 658. The zero-order chi connectivity index (χ0) is 15.4. The molecule has 2 rings (SSSR count). The summed E-state index contributed by atoms with van der Waals surface area (Å²) in [6.45, 7) is 1.92. The summed E-state index contributed by atoms with van der Waals surface area (Å²) in [5.74, 6) is 0.562. The lowest BCUT2D eigenvalue weighted by Crippen LogP contribution is -2.27. The molecule has 0 bridgehead atoms. The van der Waals surface area contributed by atoms with Crippen molar-refractivity contribution in [1.29, 1.82) is 0 Å². The molecule has 5 heteroatoms. The lowest BCUT2D eigenvalue weighted by atomic mass is 10.1. The number of nitrogen functional groups attached to an aromatic ring is 1. The molecule has 0 spiro atoms. The zero-order valence-corrected chi connectivity index (χ0v) is 13.5. The molecule has 2 aromatic carbocycles. The number of hydrogen-bond donors (Lipinski definition) is 2. The Morgan fingerprint density at radius 2 is 2.05 bits per heavy atom. The van der Waals surface area contributed by atoms with Crippen molar-refractivity contribution in [3.8, 4) is 5.75 Å². The molecule has 0 saturated carbocycles. The third-order valence-electron chi connectivity index (χ3n) is 3.20. The van der Waals surface area contributed by atoms with Gasteiger partial charge in [-0.3, -0.25) is 4.79 Å². The second-order valence-electron chi connectivity index (χ2n) is 4.70. The van der Waals surface area contributed by atoms with Crippen LogP contribution in [0.2, 0.25) is 0 Å². The molecule has 0 aromatic heterocycles. The van der Waals surface area contributed by atoms with Gasteiger partial charge < -0.3 is 15.8 Å². The lowest BCUT2D eigenvalue weighted by molar-refractivity contribution is 0.0940. The summed E-state index contributed by atoms with van der Waals surface area (Å²) in [5, 5.41) is 2.93. The van der Waals surface area contributed by atoms with Gasteiger partial charge >= 0.3 is 0 Å². The van der Waals surface area contributed by atoms with E-state index in [0.717, 1.165) is 15.8 Å². The van der Waals surface area contributed by atoms with Crippen LogP contribution in [0.1, 0.15) is 28.9 Å². The second-order valence-corrected chi connectivity index (χ2v) is 5.62. The number of hydrogen-bond acceptors (Lipinski definition) is 3. The average Bonchev–Trinajstić information content (AvgIpc) is 2.47. The van der Waals surface area contributed by atoms with E-state index < -0.39 is 0 Å². The van der Waals surface area contributed by atoms with E-state index in [4.69, 9.17) is 10.5 Å². The van der Waals surface area contributed by atoms with E-state index >= 15 is 0 Å². The number of ether oxygens (including phenoxy) is 1. The van der Waals surface area contributed by atoms with Gasteiger partial charge in [-0.15, -0.1) is 0 Å². The van der Waals surface area contributed by atoms with Crippen LogP contribution < -0.4 is 15.8 Å². The highest BCUT2D eigenvalue weighted by Crippen LogP contribution is 2.21. The first-order valence-electron chi connectivity index (χ1n) is 6.51. The maximum Gasteiger partial charge on any atom is 0.253 e. The number of rotatable bonds is 4. The summed E-state index contributed by atoms with van der Waals surface area (Å²) in [5.41, 5.74) is 7.75. The standard InChI is InChI=1S/C16H17BrN2O2/c1-10(11-4-3-5-13(8-11)21-2)19-16(20)14-7-6-12(17)9-15(14)18/h3-10H,18H2,1-2H3,(H,19,20). The summed E-state index contributed by atoms with van der Waals surface area (Å²) in [6.07, 6.45) is 0. The molecular weight excluding hydrogens is 332 g/mol. The molecular formula is C16H17BrN2O2. The molecule has 0 aliphatic rings. The lowest BCUT2D eigenvalue weighted by Gasteiger charge is -2.16. The number of carbonyl (C=O) groups excluding carboxylic acids is 1. The monoisotopic (exact) mass is 348 g/mol. The molecule has 0 fully saturated rings. The van der Waals surface area contributed by atoms with Crippen molar-refractivity contribution < 1.29 is 9.53 Å². The van der Waals surface area contributed by atoms with Gasteiger partial charge in [-0.2, -0.15) is 0 Å². The molecule has 21 heavy (non-hydrogen) atoms. The summed E-state index contributed by atoms with van der Waals surface area (Å²) < 4.78 is 6.03. The van der Waals surface area contributed by atoms with Gasteiger partial charge in [-0.05, 0) is 42.8 Å². The smallest absolute Gasteiger partial charge is 0.253 e. The Hall–Kier alpha value is -2.01. The highest BCUT2D eigenvalue weighted by molar-refractivity contribution is 9.10. The van der Waals surface area contributed by atoms with Crippen LogP contribution in [0.5, 0.6) is 5.75 Å². The predicted molar refractivity (Wildman–Crippen MR) is 87.4 cm³/mol. The number of methoxy groups -OCH3 is 1. The predicted octanol–water partition coefficient (Wildman–Crippen LogP) is 3.53. The maximum absolute atomic E-state index is 12.3. The third-order valence-corrected chi connectivity index (χ3v) is 3.69. The number of nitrogens with two attached hydrogens (primary N) is 1. The third kappa shape index (κ3) is 3.76. The molecule has 3 N–H and O–H groups in total. The second kappa shape index (κ2) is 6.63. The Morgan fingerprint density at radius 1 is 1.29 bits per heavy atom. The molecule has 2 aromatic rings. The first-order valence-corrected chi connectivity index (χ1v) is 7.30. The number of halogens is 1. The molecule has 1 unspecified atom stereocenters. The van der Waals surface area contributed by atoms with Crippen LogP contribution in [0.4, 0.5) is 5.69 Å². The van der Waals surface area contributed by atoms with E-state index in [1.54, 1.807) is 25.3 Å². The Kier molecular flexibility index (Phi) is 4.85. The minimum atomic E-state index is -0.199. The van der Waals surface area contributed by atoms with Crippen LogP contribution in [-0.2, 0) is 0 Å². The van der Waals surface area contributed by atoms with Gasteiger partial charge in [0.15, 0.2) is 0 Å². The summed E-state index contributed by atoms with van der Waals surface area (Å²) in [4.78, 5) is 12.3. The molecule has 0 heterocycles. The SMILES string of the molecule is COc1cccc(C(C)NC(=O)c2ccc(Br)cc2N)c1. The number of anilines is 1. The first-order chi connectivity index (χ1) is 10.0. The number of nitrogens with one attached hydrogen (secondary N) is 1. The maximum atomic E-state index is 12.3. The van der Waals surface area contributed by atoms with Gasteiger partial charge in [0.2, 0.25) is 0 Å². The minimum Gasteiger partial charge on any atom is -0.497 e. The van der Waals surface area contributed by atoms with Crippen LogP contribution in [-0.4, -0.2) is 13.0 Å². The molecule has 1 amide bonds. The summed E-state index contributed by atoms with van der Waals surface area (Å²) in [6, 6.07) is 12.7. The fourth-order valence-corrected chi connectivity index (χ4v) is 2.39. The van der Waals surface area contributed by atoms with Gasteiger partial charge in [-0.1, -0.05) is 28.1 Å².